The third-order valence-corrected chi connectivity index (χ3v) is 10.9. The second-order valence-corrected chi connectivity index (χ2v) is 14.1. The van der Waals surface area contributed by atoms with Gasteiger partial charge in [0.25, 0.3) is 0 Å². The summed E-state index contributed by atoms with van der Waals surface area (Å²) in [5.41, 5.74) is 14.9. The first-order valence-corrected chi connectivity index (χ1v) is 17.7. The number of anilines is 3. The van der Waals surface area contributed by atoms with Gasteiger partial charge in [-0.1, -0.05) is 147 Å². The van der Waals surface area contributed by atoms with Crippen LogP contribution in [0.1, 0.15) is 25.0 Å². The summed E-state index contributed by atoms with van der Waals surface area (Å²) < 4.78 is 7.01. The van der Waals surface area contributed by atoms with E-state index in [0.29, 0.717) is 0 Å². The highest BCUT2D eigenvalue weighted by atomic mass is 16.3. The minimum absolute atomic E-state index is 0.128. The fraction of sp³-hybridized carbons (Fsp3) is 0.0612. The van der Waals surface area contributed by atoms with Crippen molar-refractivity contribution in [3.8, 4) is 33.4 Å². The molecule has 0 amide bonds. The van der Waals surface area contributed by atoms with E-state index in [1.54, 1.807) is 0 Å². The molecule has 0 bridgehead atoms. The van der Waals surface area contributed by atoms with Crippen LogP contribution in [0, 0.1) is 0 Å². The number of benzene rings is 8. The van der Waals surface area contributed by atoms with Crippen LogP contribution in [0.3, 0.4) is 0 Å². The molecule has 2 nitrogen and oxygen atoms in total. The number of hydrogen-bond donors (Lipinski definition) is 0. The first kappa shape index (κ1) is 29.5. The van der Waals surface area contributed by atoms with E-state index in [1.165, 1.54) is 38.8 Å². The summed E-state index contributed by atoms with van der Waals surface area (Å²) in [6, 6.07) is 63.5. The molecule has 1 heterocycles. The van der Waals surface area contributed by atoms with Crippen molar-refractivity contribution in [1.82, 2.24) is 0 Å². The Kier molecular flexibility index (Phi) is 6.56. The smallest absolute Gasteiger partial charge is 0.145 e. The Morgan fingerprint density at radius 3 is 1.84 bits per heavy atom. The van der Waals surface area contributed by atoms with Crippen LogP contribution in [-0.2, 0) is 5.41 Å². The van der Waals surface area contributed by atoms with Gasteiger partial charge in [0.15, 0.2) is 0 Å². The second kappa shape index (κ2) is 11.3. The molecule has 9 aromatic rings. The normalized spacial score (nSPS) is 13.1. The van der Waals surface area contributed by atoms with Crippen molar-refractivity contribution >= 4 is 49.8 Å². The van der Waals surface area contributed by atoms with E-state index in [2.05, 4.69) is 195 Å². The molecule has 0 radical (unpaired) electrons. The molecular weight excluding hydrogens is 619 g/mol. The van der Waals surface area contributed by atoms with Crippen LogP contribution < -0.4 is 4.90 Å². The second-order valence-electron chi connectivity index (χ2n) is 14.1. The molecule has 0 aliphatic heterocycles. The summed E-state index contributed by atoms with van der Waals surface area (Å²) in [5.74, 6) is 0. The maximum Gasteiger partial charge on any atom is 0.145 e. The van der Waals surface area contributed by atoms with Crippen LogP contribution in [0.4, 0.5) is 17.1 Å². The van der Waals surface area contributed by atoms with Crippen molar-refractivity contribution in [2.45, 2.75) is 19.3 Å². The molecule has 1 aliphatic rings. The minimum atomic E-state index is -0.128. The summed E-state index contributed by atoms with van der Waals surface area (Å²) in [6.45, 7) is 4.70. The standard InChI is InChI=1S/C49H35NO/c1-49(2)43-20-12-11-19-39(43)40-28-26-37(31-44(40)49)50(36-24-21-33(22-25-36)32-13-5-3-6-14-32)45-30-29-42-41-27-23-34-15-9-10-18-38(34)47(41)51-48(42)46(45)35-16-7-4-8-17-35/h3-31H,1-2H3. The molecule has 51 heavy (non-hydrogen) atoms. The van der Waals surface area contributed by atoms with Crippen LogP contribution in [0.5, 0.6) is 0 Å². The SMILES string of the molecule is CC1(C)c2ccccc2-c2ccc(N(c3ccc(-c4ccccc4)cc3)c3ccc4c(oc5c6ccccc6ccc45)c3-c3ccccc3)cc21. The van der Waals surface area contributed by atoms with Crippen molar-refractivity contribution in [3.05, 3.63) is 187 Å². The zero-order chi connectivity index (χ0) is 34.1. The zero-order valence-corrected chi connectivity index (χ0v) is 28.6. The van der Waals surface area contributed by atoms with E-state index in [4.69, 9.17) is 4.42 Å². The molecule has 0 saturated heterocycles. The van der Waals surface area contributed by atoms with Gasteiger partial charge in [-0.3, -0.25) is 0 Å². The Morgan fingerprint density at radius 2 is 1.04 bits per heavy atom. The highest BCUT2D eigenvalue weighted by Crippen LogP contribution is 2.52. The van der Waals surface area contributed by atoms with Gasteiger partial charge in [-0.2, -0.15) is 0 Å². The van der Waals surface area contributed by atoms with Gasteiger partial charge >= 0.3 is 0 Å². The third-order valence-electron chi connectivity index (χ3n) is 10.9. The lowest BCUT2D eigenvalue weighted by molar-refractivity contribution is 0.660. The summed E-state index contributed by atoms with van der Waals surface area (Å²) in [4.78, 5) is 2.42. The van der Waals surface area contributed by atoms with E-state index < -0.39 is 0 Å². The lowest BCUT2D eigenvalue weighted by atomic mass is 9.82. The van der Waals surface area contributed by atoms with Gasteiger partial charge in [-0.05, 0) is 86.8 Å². The Morgan fingerprint density at radius 1 is 0.431 bits per heavy atom. The number of rotatable bonds is 5. The van der Waals surface area contributed by atoms with E-state index in [0.717, 1.165) is 55.5 Å². The van der Waals surface area contributed by atoms with Gasteiger partial charge in [-0.25, -0.2) is 0 Å². The van der Waals surface area contributed by atoms with E-state index >= 15 is 0 Å². The predicted molar refractivity (Wildman–Crippen MR) is 214 cm³/mol. The maximum atomic E-state index is 7.01. The highest BCUT2D eigenvalue weighted by molar-refractivity contribution is 6.19. The van der Waals surface area contributed by atoms with Gasteiger partial charge < -0.3 is 9.32 Å². The van der Waals surface area contributed by atoms with Crippen LogP contribution in [0.25, 0.3) is 66.1 Å². The van der Waals surface area contributed by atoms with Gasteiger partial charge in [-0.15, -0.1) is 0 Å². The van der Waals surface area contributed by atoms with Gasteiger partial charge in [0, 0.05) is 38.5 Å². The molecule has 10 rings (SSSR count). The Bertz CT molecular complexity index is 2760. The summed E-state index contributed by atoms with van der Waals surface area (Å²) in [7, 11) is 0. The van der Waals surface area contributed by atoms with Crippen molar-refractivity contribution in [3.63, 3.8) is 0 Å². The monoisotopic (exact) mass is 653 g/mol. The van der Waals surface area contributed by atoms with Gasteiger partial charge in [0.05, 0.1) is 5.69 Å². The largest absolute Gasteiger partial charge is 0.455 e. The van der Waals surface area contributed by atoms with E-state index in [-0.39, 0.29) is 5.41 Å². The zero-order valence-electron chi connectivity index (χ0n) is 28.6. The highest BCUT2D eigenvalue weighted by Gasteiger charge is 2.36. The Hall–Kier alpha value is -6.38. The molecule has 0 fully saturated rings. The lowest BCUT2D eigenvalue weighted by Gasteiger charge is -2.30. The molecule has 242 valence electrons. The Balaban J connectivity index is 1.25. The minimum Gasteiger partial charge on any atom is -0.455 e. The number of fused-ring (bicyclic) bond motifs is 8. The summed E-state index contributed by atoms with van der Waals surface area (Å²) >= 11 is 0. The molecule has 0 saturated carbocycles. The third kappa shape index (κ3) is 4.57. The van der Waals surface area contributed by atoms with Gasteiger partial charge in [0.1, 0.15) is 11.2 Å². The molecule has 0 N–H and O–H groups in total. The van der Waals surface area contributed by atoms with Crippen molar-refractivity contribution in [2.75, 3.05) is 4.90 Å². The first-order chi connectivity index (χ1) is 25.1. The molecule has 0 atom stereocenters. The van der Waals surface area contributed by atoms with Crippen LogP contribution in [-0.4, -0.2) is 0 Å². The quantitative estimate of drug-likeness (QED) is 0.184. The first-order valence-electron chi connectivity index (χ1n) is 17.7. The Labute approximate surface area is 297 Å². The van der Waals surface area contributed by atoms with Crippen LogP contribution in [0.2, 0.25) is 0 Å². The fourth-order valence-corrected chi connectivity index (χ4v) is 8.32. The number of furan rings is 1. The van der Waals surface area contributed by atoms with E-state index in [1.807, 2.05) is 0 Å². The molecular formula is C49H35NO. The van der Waals surface area contributed by atoms with Crippen LogP contribution >= 0.6 is 0 Å². The number of hydrogen-bond acceptors (Lipinski definition) is 2. The van der Waals surface area contributed by atoms with Crippen LogP contribution in [0.15, 0.2) is 180 Å². The topological polar surface area (TPSA) is 16.4 Å². The molecule has 1 aromatic heterocycles. The molecule has 1 aliphatic carbocycles. The molecule has 0 unspecified atom stereocenters. The van der Waals surface area contributed by atoms with Crippen molar-refractivity contribution in [2.24, 2.45) is 0 Å². The lowest BCUT2D eigenvalue weighted by Crippen LogP contribution is -2.17. The number of nitrogens with zero attached hydrogens (tertiary/aromatic N) is 1. The van der Waals surface area contributed by atoms with Crippen molar-refractivity contribution < 1.29 is 4.42 Å². The predicted octanol–water partition coefficient (Wildman–Crippen LogP) is 13.8. The average Bonchev–Trinajstić information content (AvgIpc) is 3.68. The fourth-order valence-electron chi connectivity index (χ4n) is 8.32. The molecule has 0 spiro atoms. The average molecular weight is 654 g/mol. The maximum absolute atomic E-state index is 7.01. The summed E-state index contributed by atoms with van der Waals surface area (Å²) in [6.07, 6.45) is 0. The van der Waals surface area contributed by atoms with Crippen molar-refractivity contribution in [1.29, 1.82) is 0 Å². The van der Waals surface area contributed by atoms with Gasteiger partial charge in [0.2, 0.25) is 0 Å². The van der Waals surface area contributed by atoms with E-state index in [9.17, 15) is 0 Å². The summed E-state index contributed by atoms with van der Waals surface area (Å²) in [5, 5.41) is 4.54. The molecule has 2 heteroatoms. The molecule has 8 aromatic carbocycles.